The molecule has 28 heavy (non-hydrogen) atoms. The lowest BCUT2D eigenvalue weighted by Crippen LogP contribution is -2.43. The van der Waals surface area contributed by atoms with Gasteiger partial charge in [0.2, 0.25) is 0 Å². The van der Waals surface area contributed by atoms with Crippen LogP contribution >= 0.6 is 11.8 Å². The highest BCUT2D eigenvalue weighted by Gasteiger charge is 2.33. The molecule has 0 radical (unpaired) electrons. The predicted octanol–water partition coefficient (Wildman–Crippen LogP) is 5.06. The summed E-state index contributed by atoms with van der Waals surface area (Å²) in [5, 5.41) is 2.89. The summed E-state index contributed by atoms with van der Waals surface area (Å²) in [6.07, 6.45) is -4.41. The van der Waals surface area contributed by atoms with Crippen molar-refractivity contribution in [3.8, 4) is 0 Å². The minimum absolute atomic E-state index is 0.304. The van der Waals surface area contributed by atoms with E-state index >= 15 is 0 Å². The summed E-state index contributed by atoms with van der Waals surface area (Å²) in [4.78, 5) is 14.5. The van der Waals surface area contributed by atoms with Crippen LogP contribution in [0.5, 0.6) is 0 Å². The number of anilines is 1. The van der Waals surface area contributed by atoms with Gasteiger partial charge in [0.1, 0.15) is 0 Å². The highest BCUT2D eigenvalue weighted by molar-refractivity contribution is 7.99. The van der Waals surface area contributed by atoms with Crippen LogP contribution in [0.2, 0.25) is 0 Å². The molecule has 2 aliphatic heterocycles. The van der Waals surface area contributed by atoms with E-state index in [9.17, 15) is 18.0 Å². The summed E-state index contributed by atoms with van der Waals surface area (Å²) in [7, 11) is 0. The molecule has 1 saturated heterocycles. The van der Waals surface area contributed by atoms with Crippen molar-refractivity contribution in [1.82, 2.24) is 4.90 Å². The molecule has 1 fully saturated rings. The van der Waals surface area contributed by atoms with E-state index in [1.807, 2.05) is 18.2 Å². The average molecular weight is 408 g/mol. The number of carbonyl (C=O) groups excluding carboxylic acids is 1. The lowest BCUT2D eigenvalue weighted by molar-refractivity contribution is -0.137. The zero-order valence-corrected chi connectivity index (χ0v) is 15.8. The van der Waals surface area contributed by atoms with Crippen LogP contribution in [0.15, 0.2) is 42.5 Å². The van der Waals surface area contributed by atoms with Gasteiger partial charge in [0.25, 0.3) is 0 Å². The zero-order valence-electron chi connectivity index (χ0n) is 15.0. The number of urea groups is 1. The van der Waals surface area contributed by atoms with Crippen LogP contribution in [0, 0.1) is 0 Å². The fraction of sp³-hybridized carbons (Fsp3) is 0.350. The first-order valence-electron chi connectivity index (χ1n) is 8.94. The maximum absolute atomic E-state index is 13.1. The molecule has 0 aromatic heterocycles. The molecule has 4 rings (SSSR count). The quantitative estimate of drug-likeness (QED) is 0.756. The predicted molar refractivity (Wildman–Crippen MR) is 102 cm³/mol. The molecule has 4 nitrogen and oxygen atoms in total. The van der Waals surface area contributed by atoms with Crippen molar-refractivity contribution in [3.05, 3.63) is 64.7 Å². The Kier molecular flexibility index (Phi) is 5.25. The number of carbonyl (C=O) groups is 1. The zero-order chi connectivity index (χ0) is 19.7. The summed E-state index contributed by atoms with van der Waals surface area (Å²) in [5.41, 5.74) is 2.62. The molecule has 2 heterocycles. The van der Waals surface area contributed by atoms with E-state index in [1.165, 1.54) is 6.07 Å². The van der Waals surface area contributed by atoms with Gasteiger partial charge in [-0.3, -0.25) is 0 Å². The molecular formula is C20H19F3N2O2S. The second-order valence-corrected chi connectivity index (χ2v) is 7.96. The number of thioether (sulfide) groups is 1. The third-order valence-corrected chi connectivity index (χ3v) is 5.98. The van der Waals surface area contributed by atoms with Gasteiger partial charge < -0.3 is 15.0 Å². The number of hydrogen-bond donors (Lipinski definition) is 1. The minimum atomic E-state index is -4.41. The summed E-state index contributed by atoms with van der Waals surface area (Å²) >= 11 is 1.64. The number of fused-ring (bicyclic) bond motifs is 1. The number of ether oxygens (including phenoxy) is 1. The maximum Gasteiger partial charge on any atom is 0.416 e. The van der Waals surface area contributed by atoms with E-state index < -0.39 is 17.8 Å². The number of nitrogens with zero attached hydrogens (tertiary/aromatic N) is 1. The van der Waals surface area contributed by atoms with Crippen LogP contribution in [0.25, 0.3) is 0 Å². The lowest BCUT2D eigenvalue weighted by Gasteiger charge is -2.36. The fourth-order valence-corrected chi connectivity index (χ4v) is 4.58. The highest BCUT2D eigenvalue weighted by Crippen LogP contribution is 2.35. The van der Waals surface area contributed by atoms with E-state index in [-0.39, 0.29) is 6.03 Å². The Labute approximate surface area is 165 Å². The number of hydrogen-bond acceptors (Lipinski definition) is 3. The van der Waals surface area contributed by atoms with Gasteiger partial charge in [-0.15, -0.1) is 0 Å². The van der Waals surface area contributed by atoms with Gasteiger partial charge in [-0.05, 0) is 41.0 Å². The van der Waals surface area contributed by atoms with E-state index in [0.29, 0.717) is 36.8 Å². The molecule has 0 saturated carbocycles. The molecular weight excluding hydrogens is 389 g/mol. The molecule has 0 aliphatic carbocycles. The number of alkyl halides is 3. The van der Waals surface area contributed by atoms with Crippen LogP contribution in [-0.2, 0) is 24.1 Å². The van der Waals surface area contributed by atoms with E-state index in [4.69, 9.17) is 4.74 Å². The summed E-state index contributed by atoms with van der Waals surface area (Å²) in [6, 6.07) is 10.2. The smallest absolute Gasteiger partial charge is 0.372 e. The van der Waals surface area contributed by atoms with Gasteiger partial charge in [0.15, 0.2) is 0 Å². The highest BCUT2D eigenvalue weighted by atomic mass is 32.2. The van der Waals surface area contributed by atoms with E-state index in [2.05, 4.69) is 5.32 Å². The number of halogens is 3. The van der Waals surface area contributed by atoms with Crippen LogP contribution in [-0.4, -0.2) is 29.0 Å². The number of benzene rings is 2. The Morgan fingerprint density at radius 3 is 2.79 bits per heavy atom. The summed E-state index contributed by atoms with van der Waals surface area (Å²) < 4.78 is 44.6. The second-order valence-electron chi connectivity index (χ2n) is 6.81. The first-order chi connectivity index (χ1) is 13.4. The number of nitrogens with one attached hydrogen (secondary N) is 1. The van der Waals surface area contributed by atoms with Crippen molar-refractivity contribution in [2.75, 3.05) is 23.4 Å². The van der Waals surface area contributed by atoms with Crippen molar-refractivity contribution in [2.24, 2.45) is 0 Å². The van der Waals surface area contributed by atoms with Crippen LogP contribution in [0.1, 0.15) is 28.3 Å². The molecule has 2 aliphatic rings. The largest absolute Gasteiger partial charge is 0.416 e. The molecule has 2 aromatic carbocycles. The molecule has 2 amide bonds. The first kappa shape index (κ1) is 19.1. The van der Waals surface area contributed by atoms with Crippen molar-refractivity contribution in [1.29, 1.82) is 0 Å². The van der Waals surface area contributed by atoms with Gasteiger partial charge in [-0.2, -0.15) is 24.9 Å². The maximum atomic E-state index is 13.1. The Balaban J connectivity index is 1.54. The summed E-state index contributed by atoms with van der Waals surface area (Å²) in [6.45, 7) is 1.57. The van der Waals surface area contributed by atoms with Gasteiger partial charge in [-0.1, -0.05) is 18.2 Å². The monoisotopic (exact) mass is 408 g/mol. The van der Waals surface area contributed by atoms with Gasteiger partial charge in [0.05, 0.1) is 24.8 Å². The van der Waals surface area contributed by atoms with Gasteiger partial charge >= 0.3 is 12.2 Å². The molecule has 148 valence electrons. The molecule has 0 spiro atoms. The molecule has 2 aromatic rings. The fourth-order valence-electron chi connectivity index (χ4n) is 3.49. The topological polar surface area (TPSA) is 41.6 Å². The van der Waals surface area contributed by atoms with Crippen molar-refractivity contribution in [3.63, 3.8) is 0 Å². The van der Waals surface area contributed by atoms with Crippen LogP contribution in [0.4, 0.5) is 23.7 Å². The van der Waals surface area contributed by atoms with Gasteiger partial charge in [-0.25, -0.2) is 4.79 Å². The Hall–Kier alpha value is -2.19. The average Bonchev–Trinajstić information content (AvgIpc) is 3.15. The molecule has 1 N–H and O–H groups in total. The van der Waals surface area contributed by atoms with E-state index in [1.54, 1.807) is 22.7 Å². The standard InChI is InChI=1S/C20H19F3N2O2S/c21-20(22,23)16-3-1-2-13(8-16)18-12-28-7-6-25(18)19(26)24-17-5-4-14-10-27-11-15(14)9-17/h1-5,8-9,18H,6-7,10-12H2,(H,24,26)/t18-/m1/s1. The minimum Gasteiger partial charge on any atom is -0.372 e. The van der Waals surface area contributed by atoms with Crippen molar-refractivity contribution >= 4 is 23.5 Å². The molecule has 1 atom stereocenters. The number of rotatable bonds is 2. The van der Waals surface area contributed by atoms with Crippen LogP contribution in [0.3, 0.4) is 0 Å². The SMILES string of the molecule is O=C(Nc1ccc2c(c1)COC2)N1CCSC[C@@H]1c1cccc(C(F)(F)F)c1. The van der Waals surface area contributed by atoms with E-state index in [0.717, 1.165) is 29.0 Å². The summed E-state index contributed by atoms with van der Waals surface area (Å²) in [5.74, 6) is 1.31. The third-order valence-electron chi connectivity index (χ3n) is 4.96. The Morgan fingerprint density at radius 1 is 1.14 bits per heavy atom. The van der Waals surface area contributed by atoms with Crippen molar-refractivity contribution < 1.29 is 22.7 Å². The van der Waals surface area contributed by atoms with Crippen LogP contribution < -0.4 is 5.32 Å². The Morgan fingerprint density at radius 2 is 1.96 bits per heavy atom. The van der Waals surface area contributed by atoms with Gasteiger partial charge in [0, 0.05) is 23.7 Å². The number of amides is 2. The third kappa shape index (κ3) is 3.98. The Bertz CT molecular complexity index is 888. The molecule has 0 unspecified atom stereocenters. The second kappa shape index (κ2) is 7.67. The lowest BCUT2D eigenvalue weighted by atomic mass is 10.0. The molecule has 0 bridgehead atoms. The normalized spacial score (nSPS) is 19.4. The van der Waals surface area contributed by atoms with Crippen molar-refractivity contribution in [2.45, 2.75) is 25.4 Å². The first-order valence-corrected chi connectivity index (χ1v) is 10.1. The molecule has 8 heteroatoms.